The van der Waals surface area contributed by atoms with Crippen molar-refractivity contribution in [3.8, 4) is 6.07 Å². The van der Waals surface area contributed by atoms with Gasteiger partial charge >= 0.3 is 0 Å². The summed E-state index contributed by atoms with van der Waals surface area (Å²) in [6, 6.07) is 16.7. The average Bonchev–Trinajstić information content (AvgIpc) is 2.70. The first kappa shape index (κ1) is 18.1. The number of nitrogens with zero attached hydrogens (tertiary/aromatic N) is 4. The molecule has 6 heteroatoms. The lowest BCUT2D eigenvalue weighted by Gasteiger charge is -2.29. The highest BCUT2D eigenvalue weighted by molar-refractivity contribution is 5.62. The number of aromatic nitrogens is 2. The number of hydrogen-bond acceptors (Lipinski definition) is 5. The predicted octanol–water partition coefficient (Wildman–Crippen LogP) is 4.10. The highest BCUT2D eigenvalue weighted by atomic mass is 19.1. The molecule has 0 atom stereocenters. The van der Waals surface area contributed by atoms with E-state index in [-0.39, 0.29) is 0 Å². The Hall–Kier alpha value is -3.30. The maximum Gasteiger partial charge on any atom is 0.147 e. The minimum Gasteiger partial charge on any atom is -0.337 e. The van der Waals surface area contributed by atoms with Gasteiger partial charge < -0.3 is 5.32 Å². The number of halogens is 1. The third kappa shape index (κ3) is 3.85. The second kappa shape index (κ2) is 7.75. The molecule has 1 aliphatic heterocycles. The molecular weight excluding hydrogens is 353 g/mol. The number of anilines is 2. The Labute approximate surface area is 163 Å². The number of nitrogens with one attached hydrogen (secondary N) is 1. The van der Waals surface area contributed by atoms with Crippen molar-refractivity contribution in [2.75, 3.05) is 11.9 Å². The van der Waals surface area contributed by atoms with E-state index in [2.05, 4.69) is 32.3 Å². The second-order valence-electron chi connectivity index (χ2n) is 6.92. The van der Waals surface area contributed by atoms with Gasteiger partial charge in [-0.05, 0) is 37.1 Å². The summed E-state index contributed by atoms with van der Waals surface area (Å²) >= 11 is 0. The van der Waals surface area contributed by atoms with Crippen molar-refractivity contribution < 1.29 is 4.39 Å². The summed E-state index contributed by atoms with van der Waals surface area (Å²) in [5.74, 6) is 0.827. The lowest BCUT2D eigenvalue weighted by atomic mass is 10.0. The summed E-state index contributed by atoms with van der Waals surface area (Å²) in [5.41, 5.74) is 3.88. The van der Waals surface area contributed by atoms with Gasteiger partial charge in [0.25, 0.3) is 0 Å². The average molecular weight is 373 g/mol. The van der Waals surface area contributed by atoms with Crippen LogP contribution in [0.25, 0.3) is 0 Å². The Morgan fingerprint density at radius 2 is 2.00 bits per heavy atom. The molecule has 0 unspecified atom stereocenters. The van der Waals surface area contributed by atoms with Crippen LogP contribution in [0, 0.1) is 24.1 Å². The van der Waals surface area contributed by atoms with Gasteiger partial charge in [0.2, 0.25) is 0 Å². The summed E-state index contributed by atoms with van der Waals surface area (Å²) in [7, 11) is 0. The van der Waals surface area contributed by atoms with E-state index in [0.29, 0.717) is 22.9 Å². The van der Waals surface area contributed by atoms with Crippen molar-refractivity contribution in [1.29, 1.82) is 5.26 Å². The molecule has 5 nitrogen and oxygen atoms in total. The van der Waals surface area contributed by atoms with Crippen molar-refractivity contribution >= 4 is 11.5 Å². The van der Waals surface area contributed by atoms with Crippen molar-refractivity contribution in [3.63, 3.8) is 0 Å². The molecule has 4 rings (SSSR count). The van der Waals surface area contributed by atoms with Crippen LogP contribution in [0.2, 0.25) is 0 Å². The summed E-state index contributed by atoms with van der Waals surface area (Å²) < 4.78 is 14.3. The number of rotatable bonds is 4. The maximum atomic E-state index is 14.3. The minimum atomic E-state index is -0.467. The lowest BCUT2D eigenvalue weighted by Crippen LogP contribution is -2.31. The Kier molecular flexibility index (Phi) is 5.00. The summed E-state index contributed by atoms with van der Waals surface area (Å²) in [4.78, 5) is 11.5. The molecule has 28 heavy (non-hydrogen) atoms. The maximum absolute atomic E-state index is 14.3. The number of hydrogen-bond donors (Lipinski definition) is 1. The first-order valence-electron chi connectivity index (χ1n) is 9.22. The Morgan fingerprint density at radius 1 is 1.18 bits per heavy atom. The largest absolute Gasteiger partial charge is 0.337 e. The van der Waals surface area contributed by atoms with Crippen LogP contribution in [-0.4, -0.2) is 21.4 Å². The van der Waals surface area contributed by atoms with Crippen LogP contribution < -0.4 is 5.32 Å². The van der Waals surface area contributed by atoms with Gasteiger partial charge in [-0.2, -0.15) is 5.26 Å². The van der Waals surface area contributed by atoms with E-state index in [1.54, 1.807) is 12.1 Å². The molecule has 1 aliphatic rings. The number of nitriles is 1. The Balaban J connectivity index is 1.58. The third-order valence-electron chi connectivity index (χ3n) is 4.86. The van der Waals surface area contributed by atoms with E-state index < -0.39 is 5.82 Å². The molecule has 0 radical (unpaired) electrons. The van der Waals surface area contributed by atoms with Crippen LogP contribution in [0.1, 0.15) is 28.2 Å². The molecular formula is C22H20FN5. The van der Waals surface area contributed by atoms with E-state index in [1.165, 1.54) is 11.6 Å². The van der Waals surface area contributed by atoms with Crippen LogP contribution in [0.3, 0.4) is 0 Å². The van der Waals surface area contributed by atoms with Crippen LogP contribution in [0.5, 0.6) is 0 Å². The van der Waals surface area contributed by atoms with E-state index in [9.17, 15) is 4.39 Å². The molecule has 0 saturated carbocycles. The molecule has 140 valence electrons. The van der Waals surface area contributed by atoms with Gasteiger partial charge in [0, 0.05) is 25.2 Å². The normalized spacial score (nSPS) is 13.6. The highest BCUT2D eigenvalue weighted by Crippen LogP contribution is 2.28. The van der Waals surface area contributed by atoms with Gasteiger partial charge in [-0.3, -0.25) is 4.90 Å². The van der Waals surface area contributed by atoms with Crippen molar-refractivity contribution in [3.05, 3.63) is 82.6 Å². The fraction of sp³-hybridized carbons (Fsp3) is 0.227. The first-order chi connectivity index (χ1) is 13.6. The van der Waals surface area contributed by atoms with Gasteiger partial charge in [0.05, 0.1) is 23.0 Å². The number of aryl methyl sites for hydroxylation is 1. The van der Waals surface area contributed by atoms with Gasteiger partial charge in [0.1, 0.15) is 17.5 Å². The van der Waals surface area contributed by atoms with E-state index in [0.717, 1.165) is 37.3 Å². The first-order valence-corrected chi connectivity index (χ1v) is 9.22. The van der Waals surface area contributed by atoms with Crippen LogP contribution in [0.4, 0.5) is 15.9 Å². The third-order valence-corrected chi connectivity index (χ3v) is 4.86. The molecule has 1 aromatic heterocycles. The second-order valence-corrected chi connectivity index (χ2v) is 6.92. The molecule has 1 N–H and O–H groups in total. The minimum absolute atomic E-state index is 0.292. The lowest BCUT2D eigenvalue weighted by molar-refractivity contribution is 0.241. The van der Waals surface area contributed by atoms with Gasteiger partial charge in [-0.1, -0.05) is 30.3 Å². The van der Waals surface area contributed by atoms with Gasteiger partial charge in [-0.25, -0.2) is 14.4 Å². The smallest absolute Gasteiger partial charge is 0.147 e. The van der Waals surface area contributed by atoms with Crippen molar-refractivity contribution in [2.24, 2.45) is 0 Å². The zero-order chi connectivity index (χ0) is 19.5. The van der Waals surface area contributed by atoms with Crippen molar-refractivity contribution in [2.45, 2.75) is 26.4 Å². The monoisotopic (exact) mass is 373 g/mol. The molecule has 2 aromatic carbocycles. The zero-order valence-corrected chi connectivity index (χ0v) is 15.6. The van der Waals surface area contributed by atoms with Crippen LogP contribution in [0.15, 0.2) is 48.5 Å². The highest BCUT2D eigenvalue weighted by Gasteiger charge is 2.22. The van der Waals surface area contributed by atoms with Crippen LogP contribution in [-0.2, 0) is 19.5 Å². The topological polar surface area (TPSA) is 64.8 Å². The molecule has 0 fully saturated rings. The zero-order valence-electron chi connectivity index (χ0n) is 15.6. The molecule has 2 heterocycles. The molecule has 3 aromatic rings. The van der Waals surface area contributed by atoms with Crippen molar-refractivity contribution in [1.82, 2.24) is 14.9 Å². The summed E-state index contributed by atoms with van der Waals surface area (Å²) in [6.07, 6.45) is 0.794. The molecule has 0 bridgehead atoms. The summed E-state index contributed by atoms with van der Waals surface area (Å²) in [5, 5.41) is 12.0. The molecule has 0 aliphatic carbocycles. The molecule has 0 saturated heterocycles. The predicted molar refractivity (Wildman–Crippen MR) is 105 cm³/mol. The standard InChI is InChI=1S/C22H20FN5/c1-15-25-21-14-28(13-16-5-3-2-4-6-16)10-9-18(21)22(26-15)27-20-8-7-17(12-24)11-19(20)23/h2-8,11H,9-10,13-14H2,1H3,(H,25,26,27). The SMILES string of the molecule is Cc1nc2c(c(Nc3ccc(C#N)cc3F)n1)CCN(Cc1ccccc1)C2. The number of benzene rings is 2. The quantitative estimate of drug-likeness (QED) is 0.746. The van der Waals surface area contributed by atoms with E-state index >= 15 is 0 Å². The molecule has 0 spiro atoms. The van der Waals surface area contributed by atoms with Crippen LogP contribution >= 0.6 is 0 Å². The number of fused-ring (bicyclic) bond motifs is 1. The van der Waals surface area contributed by atoms with Gasteiger partial charge in [0.15, 0.2) is 0 Å². The fourth-order valence-corrected chi connectivity index (χ4v) is 3.50. The van der Waals surface area contributed by atoms with Gasteiger partial charge in [-0.15, -0.1) is 0 Å². The summed E-state index contributed by atoms with van der Waals surface area (Å²) in [6.45, 7) is 4.34. The Morgan fingerprint density at radius 3 is 2.75 bits per heavy atom. The molecule has 0 amide bonds. The Bertz CT molecular complexity index is 1040. The fourth-order valence-electron chi connectivity index (χ4n) is 3.50. The van der Waals surface area contributed by atoms with E-state index in [1.807, 2.05) is 31.2 Å². The van der Waals surface area contributed by atoms with E-state index in [4.69, 9.17) is 5.26 Å².